The van der Waals surface area contributed by atoms with Crippen molar-refractivity contribution in [1.82, 2.24) is 4.90 Å². The molecule has 0 radical (unpaired) electrons. The molecule has 1 aliphatic rings. The lowest BCUT2D eigenvalue weighted by Crippen LogP contribution is -2.82. The summed E-state index contributed by atoms with van der Waals surface area (Å²) in [5.41, 5.74) is 0.848. The van der Waals surface area contributed by atoms with Gasteiger partial charge in [0.05, 0.1) is 6.61 Å². The van der Waals surface area contributed by atoms with E-state index >= 15 is 0 Å². The summed E-state index contributed by atoms with van der Waals surface area (Å²) in [6, 6.07) is 7.65. The Bertz CT molecular complexity index is 527. The lowest BCUT2D eigenvalue weighted by molar-refractivity contribution is -0.484. The molecule has 2 rings (SSSR count). The molecule has 5 heteroatoms. The maximum atomic E-state index is 12.1. The van der Waals surface area contributed by atoms with Crippen molar-refractivity contribution in [3.05, 3.63) is 24.3 Å². The zero-order valence-electron chi connectivity index (χ0n) is 17.1. The van der Waals surface area contributed by atoms with E-state index < -0.39 is 0 Å². The van der Waals surface area contributed by atoms with Crippen LogP contribution in [0.5, 0.6) is 5.75 Å². The highest BCUT2D eigenvalue weighted by atomic mass is 16.6. The minimum absolute atomic E-state index is 0.0813. The van der Waals surface area contributed by atoms with Gasteiger partial charge in [0.25, 0.3) is 0 Å². The molecule has 1 fully saturated rings. The van der Waals surface area contributed by atoms with Gasteiger partial charge in [0, 0.05) is 18.7 Å². The third-order valence-corrected chi connectivity index (χ3v) is 4.96. The molecule has 0 unspecified atom stereocenters. The highest BCUT2D eigenvalue weighted by Gasteiger charge is 2.18. The molecule has 1 aromatic rings. The number of likely N-dealkylation sites (tertiary alicyclic amines) is 1. The van der Waals surface area contributed by atoms with Crippen molar-refractivity contribution in [2.75, 3.05) is 26.2 Å². The zero-order chi connectivity index (χ0) is 19.3. The van der Waals surface area contributed by atoms with E-state index in [0.29, 0.717) is 0 Å². The number of hydrogen-bond donors (Lipinski definition) is 1. The van der Waals surface area contributed by atoms with Crippen LogP contribution in [0.1, 0.15) is 65.2 Å². The largest absolute Gasteiger partial charge is 0.518 e. The van der Waals surface area contributed by atoms with E-state index in [-0.39, 0.29) is 12.2 Å². The SMILES string of the molecule is CCCCCCCOc1ccc([NH2+]C(=O)O[C@H](C)CN2CCCCC2)cc1. The summed E-state index contributed by atoms with van der Waals surface area (Å²) in [5, 5.41) is 1.56. The number of benzene rings is 1. The van der Waals surface area contributed by atoms with Crippen LogP contribution in [0.2, 0.25) is 0 Å². The van der Waals surface area contributed by atoms with Crippen LogP contribution in [0.15, 0.2) is 24.3 Å². The summed E-state index contributed by atoms with van der Waals surface area (Å²) in [5.74, 6) is 0.856. The van der Waals surface area contributed by atoms with Crippen LogP contribution in [0.3, 0.4) is 0 Å². The van der Waals surface area contributed by atoms with Gasteiger partial charge >= 0.3 is 6.09 Å². The van der Waals surface area contributed by atoms with Crippen LogP contribution in [0.25, 0.3) is 0 Å². The van der Waals surface area contributed by atoms with Gasteiger partial charge < -0.3 is 9.47 Å². The number of carbonyl (C=O) groups excluding carboxylic acids is 1. The van der Waals surface area contributed by atoms with E-state index in [0.717, 1.165) is 44.1 Å². The van der Waals surface area contributed by atoms with Gasteiger partial charge in [-0.15, -0.1) is 0 Å². The molecule has 1 aliphatic heterocycles. The monoisotopic (exact) mass is 377 g/mol. The van der Waals surface area contributed by atoms with Gasteiger partial charge in [-0.2, -0.15) is 4.79 Å². The van der Waals surface area contributed by atoms with Crippen molar-refractivity contribution in [1.29, 1.82) is 0 Å². The van der Waals surface area contributed by atoms with Gasteiger partial charge in [-0.3, -0.25) is 4.90 Å². The van der Waals surface area contributed by atoms with Gasteiger partial charge in [0.2, 0.25) is 0 Å². The summed E-state index contributed by atoms with van der Waals surface area (Å²) >= 11 is 0. The number of quaternary nitrogens is 1. The summed E-state index contributed by atoms with van der Waals surface area (Å²) in [4.78, 5) is 14.5. The van der Waals surface area contributed by atoms with Crippen molar-refractivity contribution in [3.63, 3.8) is 0 Å². The lowest BCUT2D eigenvalue weighted by Gasteiger charge is -2.28. The number of carbonyl (C=O) groups is 1. The number of amides is 1. The fourth-order valence-corrected chi connectivity index (χ4v) is 3.47. The molecule has 0 bridgehead atoms. The summed E-state index contributed by atoms with van der Waals surface area (Å²) in [7, 11) is 0. The van der Waals surface area contributed by atoms with Crippen molar-refractivity contribution in [2.45, 2.75) is 71.3 Å². The van der Waals surface area contributed by atoms with Crippen LogP contribution in [0.4, 0.5) is 10.5 Å². The quantitative estimate of drug-likeness (QED) is 0.463. The fraction of sp³-hybridized carbons (Fsp3) is 0.682. The number of ether oxygens (including phenoxy) is 2. The second kappa shape index (κ2) is 12.7. The van der Waals surface area contributed by atoms with E-state index in [1.807, 2.05) is 31.2 Å². The molecule has 1 heterocycles. The second-order valence-electron chi connectivity index (χ2n) is 7.58. The average Bonchev–Trinajstić information content (AvgIpc) is 2.66. The molecule has 0 aromatic heterocycles. The van der Waals surface area contributed by atoms with Crippen molar-refractivity contribution < 1.29 is 19.6 Å². The van der Waals surface area contributed by atoms with Crippen molar-refractivity contribution in [3.8, 4) is 5.75 Å². The van der Waals surface area contributed by atoms with Gasteiger partial charge in [-0.25, -0.2) is 5.32 Å². The molecular weight excluding hydrogens is 340 g/mol. The van der Waals surface area contributed by atoms with E-state index in [4.69, 9.17) is 9.47 Å². The van der Waals surface area contributed by atoms with E-state index in [2.05, 4.69) is 11.8 Å². The Balaban J connectivity index is 1.63. The van der Waals surface area contributed by atoms with Crippen LogP contribution in [0, 0.1) is 0 Å². The maximum absolute atomic E-state index is 12.1. The van der Waals surface area contributed by atoms with Gasteiger partial charge in [0.15, 0.2) is 0 Å². The lowest BCUT2D eigenvalue weighted by atomic mass is 10.1. The molecule has 0 spiro atoms. The maximum Gasteiger partial charge on any atom is 0.518 e. The second-order valence-corrected chi connectivity index (χ2v) is 7.58. The molecule has 152 valence electrons. The Morgan fingerprint density at radius 2 is 1.78 bits per heavy atom. The Morgan fingerprint density at radius 3 is 2.48 bits per heavy atom. The Labute approximate surface area is 164 Å². The number of nitrogens with zero attached hydrogens (tertiary/aromatic N) is 1. The average molecular weight is 378 g/mol. The minimum atomic E-state index is -0.274. The van der Waals surface area contributed by atoms with Crippen LogP contribution in [-0.4, -0.2) is 43.3 Å². The Kier molecular flexibility index (Phi) is 10.2. The molecule has 2 N–H and O–H groups in total. The smallest absolute Gasteiger partial charge is 0.494 e. The summed E-state index contributed by atoms with van der Waals surface area (Å²) in [6.45, 7) is 8.00. The van der Waals surface area contributed by atoms with Crippen molar-refractivity contribution >= 4 is 11.8 Å². The minimum Gasteiger partial charge on any atom is -0.494 e. The Morgan fingerprint density at radius 1 is 1.07 bits per heavy atom. The van der Waals surface area contributed by atoms with E-state index in [1.165, 1.54) is 44.9 Å². The normalized spacial score (nSPS) is 16.1. The topological polar surface area (TPSA) is 55.4 Å². The van der Waals surface area contributed by atoms with Crippen molar-refractivity contribution in [2.24, 2.45) is 0 Å². The first-order valence-electron chi connectivity index (χ1n) is 10.7. The number of hydrogen-bond acceptors (Lipinski definition) is 4. The molecule has 1 saturated heterocycles. The van der Waals surface area contributed by atoms with Gasteiger partial charge in [0.1, 0.15) is 17.5 Å². The standard InChI is InChI=1S/C22H36N2O3/c1-3-4-5-6-10-17-26-21-13-11-20(12-14-21)23-22(25)27-19(2)18-24-15-8-7-9-16-24/h11-14,19H,3-10,15-18H2,1-2H3,(H,23,25)/p+1/t19-/m1/s1. The number of nitrogens with two attached hydrogens (primary N) is 1. The van der Waals surface area contributed by atoms with Crippen LogP contribution < -0.4 is 10.1 Å². The number of primary amides is 1. The molecule has 1 atom stereocenters. The van der Waals surface area contributed by atoms with E-state index in [1.54, 1.807) is 5.32 Å². The van der Waals surface area contributed by atoms with Gasteiger partial charge in [-0.05, 0) is 51.4 Å². The van der Waals surface area contributed by atoms with Crippen LogP contribution in [-0.2, 0) is 4.74 Å². The van der Waals surface area contributed by atoms with Crippen LogP contribution >= 0.6 is 0 Å². The zero-order valence-corrected chi connectivity index (χ0v) is 17.1. The predicted molar refractivity (Wildman–Crippen MR) is 109 cm³/mol. The first-order valence-corrected chi connectivity index (χ1v) is 10.7. The molecule has 1 aromatic carbocycles. The number of rotatable bonds is 11. The first kappa shape index (κ1) is 21.7. The summed E-state index contributed by atoms with van der Waals surface area (Å²) < 4.78 is 11.3. The highest BCUT2D eigenvalue weighted by Crippen LogP contribution is 2.14. The molecular formula is C22H37N2O3+. The molecule has 5 nitrogen and oxygen atoms in total. The fourth-order valence-electron chi connectivity index (χ4n) is 3.47. The highest BCUT2D eigenvalue weighted by molar-refractivity contribution is 5.59. The third-order valence-electron chi connectivity index (χ3n) is 4.96. The van der Waals surface area contributed by atoms with E-state index in [9.17, 15) is 4.79 Å². The third kappa shape index (κ3) is 9.25. The molecule has 0 saturated carbocycles. The predicted octanol–water partition coefficient (Wildman–Crippen LogP) is 4.24. The number of piperidine rings is 1. The first-order chi connectivity index (χ1) is 13.2. The summed E-state index contributed by atoms with van der Waals surface area (Å²) in [6.07, 6.45) is 9.63. The number of unbranched alkanes of at least 4 members (excludes halogenated alkanes) is 4. The Hall–Kier alpha value is -1.59. The molecule has 0 aliphatic carbocycles. The molecule has 27 heavy (non-hydrogen) atoms. The molecule has 1 amide bonds. The van der Waals surface area contributed by atoms with Gasteiger partial charge in [-0.1, -0.05) is 39.0 Å².